The van der Waals surface area contributed by atoms with Crippen LogP contribution in [-0.4, -0.2) is 52.1 Å². The fourth-order valence-electron chi connectivity index (χ4n) is 3.32. The van der Waals surface area contributed by atoms with Crippen molar-refractivity contribution in [2.45, 2.75) is 19.1 Å². The van der Waals surface area contributed by atoms with E-state index >= 15 is 0 Å². The highest BCUT2D eigenvalue weighted by Crippen LogP contribution is 2.17. The largest absolute Gasteiger partial charge is 0.472 e. The third kappa shape index (κ3) is 4.31. The van der Waals surface area contributed by atoms with Gasteiger partial charge in [0.05, 0.1) is 25.0 Å². The Morgan fingerprint density at radius 3 is 2.86 bits per heavy atom. The Balaban J connectivity index is 1.31. The zero-order valence-electron chi connectivity index (χ0n) is 15.9. The fourth-order valence-corrected chi connectivity index (χ4v) is 3.32. The monoisotopic (exact) mass is 376 g/mol. The van der Waals surface area contributed by atoms with Gasteiger partial charge in [-0.2, -0.15) is 0 Å². The van der Waals surface area contributed by atoms with E-state index in [4.69, 9.17) is 4.74 Å². The summed E-state index contributed by atoms with van der Waals surface area (Å²) >= 11 is 0. The van der Waals surface area contributed by atoms with Crippen molar-refractivity contribution in [1.29, 1.82) is 0 Å². The van der Waals surface area contributed by atoms with Crippen LogP contribution >= 0.6 is 0 Å². The molecule has 1 unspecified atom stereocenters. The summed E-state index contributed by atoms with van der Waals surface area (Å²) in [6.45, 7) is 2.26. The fraction of sp³-hybridized carbons (Fsp3) is 0.286. The van der Waals surface area contributed by atoms with E-state index in [1.807, 2.05) is 42.6 Å². The van der Waals surface area contributed by atoms with Crippen molar-refractivity contribution in [3.8, 4) is 17.1 Å². The number of rotatable bonds is 5. The molecule has 1 fully saturated rings. The summed E-state index contributed by atoms with van der Waals surface area (Å²) in [6.07, 6.45) is 4.66. The molecule has 7 heteroatoms. The molecular formula is C21H24N6O. The Morgan fingerprint density at radius 2 is 2.07 bits per heavy atom. The van der Waals surface area contributed by atoms with Gasteiger partial charge >= 0.3 is 0 Å². The molecule has 2 aromatic heterocycles. The lowest BCUT2D eigenvalue weighted by Gasteiger charge is -2.21. The van der Waals surface area contributed by atoms with Crippen molar-refractivity contribution in [2.75, 3.05) is 20.1 Å². The molecule has 2 N–H and O–H groups in total. The van der Waals surface area contributed by atoms with Crippen molar-refractivity contribution in [1.82, 2.24) is 25.2 Å². The molecule has 1 aliphatic heterocycles. The zero-order valence-corrected chi connectivity index (χ0v) is 15.9. The Kier molecular flexibility index (Phi) is 5.51. The molecule has 144 valence electrons. The maximum atomic E-state index is 5.96. The van der Waals surface area contributed by atoms with Crippen LogP contribution < -0.4 is 10.1 Å². The first-order valence-electron chi connectivity index (χ1n) is 9.44. The summed E-state index contributed by atoms with van der Waals surface area (Å²) in [7, 11) is 1.80. The number of H-pyrrole nitrogens is 1. The molecule has 4 rings (SSSR count). The van der Waals surface area contributed by atoms with Gasteiger partial charge in [-0.25, -0.2) is 9.97 Å². The molecule has 0 spiro atoms. The molecule has 1 aliphatic rings. The van der Waals surface area contributed by atoms with Crippen molar-refractivity contribution in [2.24, 2.45) is 4.99 Å². The van der Waals surface area contributed by atoms with Crippen LogP contribution in [0.4, 0.5) is 0 Å². The third-order valence-electron chi connectivity index (χ3n) is 4.71. The third-order valence-corrected chi connectivity index (χ3v) is 4.71. The van der Waals surface area contributed by atoms with Crippen LogP contribution in [0.25, 0.3) is 11.3 Å². The Morgan fingerprint density at radius 1 is 1.21 bits per heavy atom. The molecule has 3 aromatic rings. The number of guanidine groups is 1. The van der Waals surface area contributed by atoms with Crippen molar-refractivity contribution in [3.63, 3.8) is 0 Å². The van der Waals surface area contributed by atoms with Crippen molar-refractivity contribution < 1.29 is 4.74 Å². The maximum Gasteiger partial charge on any atom is 0.213 e. The second-order valence-corrected chi connectivity index (χ2v) is 6.65. The average Bonchev–Trinajstić information content (AvgIpc) is 3.40. The number of aromatic nitrogens is 3. The minimum Gasteiger partial charge on any atom is -0.472 e. The number of pyridine rings is 1. The number of aromatic amines is 1. The minimum atomic E-state index is 0.113. The number of hydrogen-bond donors (Lipinski definition) is 2. The zero-order chi connectivity index (χ0) is 19.2. The van der Waals surface area contributed by atoms with Crippen LogP contribution in [0.3, 0.4) is 0 Å². The summed E-state index contributed by atoms with van der Waals surface area (Å²) in [5.74, 6) is 2.39. The molecule has 28 heavy (non-hydrogen) atoms. The number of benzene rings is 1. The van der Waals surface area contributed by atoms with E-state index in [1.165, 1.54) is 0 Å². The van der Waals surface area contributed by atoms with E-state index in [9.17, 15) is 0 Å². The van der Waals surface area contributed by atoms with Crippen LogP contribution in [0.15, 0.2) is 65.9 Å². The molecule has 0 radical (unpaired) electrons. The molecular weight excluding hydrogens is 352 g/mol. The molecule has 1 aromatic carbocycles. The lowest BCUT2D eigenvalue weighted by atomic mass is 10.2. The molecule has 0 aliphatic carbocycles. The van der Waals surface area contributed by atoms with Crippen LogP contribution in [0.1, 0.15) is 12.2 Å². The normalized spacial score (nSPS) is 17.0. The summed E-state index contributed by atoms with van der Waals surface area (Å²) in [6, 6.07) is 15.9. The lowest BCUT2D eigenvalue weighted by Crippen LogP contribution is -2.40. The molecule has 1 atom stereocenters. The molecule has 1 saturated heterocycles. The SMILES string of the molecule is CN=C(NCc1ncc(-c2ccccc2)[nH]1)N1CCC(Oc2ccccn2)C1. The minimum absolute atomic E-state index is 0.113. The highest BCUT2D eigenvalue weighted by molar-refractivity contribution is 5.80. The first kappa shape index (κ1) is 18.0. The topological polar surface area (TPSA) is 78.4 Å². The number of likely N-dealkylation sites (tertiary alicyclic amines) is 1. The smallest absolute Gasteiger partial charge is 0.213 e. The highest BCUT2D eigenvalue weighted by Gasteiger charge is 2.26. The first-order valence-corrected chi connectivity index (χ1v) is 9.44. The summed E-state index contributed by atoms with van der Waals surface area (Å²) in [4.78, 5) is 18.7. The van der Waals surface area contributed by atoms with Crippen LogP contribution in [0.5, 0.6) is 5.88 Å². The summed E-state index contributed by atoms with van der Waals surface area (Å²) in [5, 5.41) is 3.39. The Hall–Kier alpha value is -3.35. The number of nitrogens with zero attached hydrogens (tertiary/aromatic N) is 4. The molecule has 7 nitrogen and oxygen atoms in total. The predicted octanol–water partition coefficient (Wildman–Crippen LogP) is 2.70. The van der Waals surface area contributed by atoms with Gasteiger partial charge in [-0.1, -0.05) is 36.4 Å². The second-order valence-electron chi connectivity index (χ2n) is 6.65. The van der Waals surface area contributed by atoms with Gasteiger partial charge in [-0.05, 0) is 11.6 Å². The van der Waals surface area contributed by atoms with Gasteiger partial charge in [0.1, 0.15) is 11.9 Å². The second kappa shape index (κ2) is 8.56. The summed E-state index contributed by atoms with van der Waals surface area (Å²) < 4.78 is 5.96. The first-order chi connectivity index (χ1) is 13.8. The molecule has 3 heterocycles. The Labute approximate surface area is 164 Å². The molecule has 0 bridgehead atoms. The van der Waals surface area contributed by atoms with Crippen molar-refractivity contribution in [3.05, 3.63) is 66.7 Å². The van der Waals surface area contributed by atoms with Crippen LogP contribution in [0, 0.1) is 0 Å². The van der Waals surface area contributed by atoms with Crippen molar-refractivity contribution >= 4 is 5.96 Å². The van der Waals surface area contributed by atoms with Gasteiger partial charge in [0.25, 0.3) is 0 Å². The highest BCUT2D eigenvalue weighted by atomic mass is 16.5. The van der Waals surface area contributed by atoms with E-state index in [1.54, 1.807) is 13.2 Å². The van der Waals surface area contributed by atoms with Gasteiger partial charge in [0.15, 0.2) is 5.96 Å². The lowest BCUT2D eigenvalue weighted by molar-refractivity contribution is 0.205. The average molecular weight is 376 g/mol. The van der Waals surface area contributed by atoms with E-state index in [0.29, 0.717) is 12.4 Å². The molecule has 0 saturated carbocycles. The number of aliphatic imine (C=N–C) groups is 1. The van der Waals surface area contributed by atoms with Gasteiger partial charge in [-0.15, -0.1) is 0 Å². The number of nitrogens with one attached hydrogen (secondary N) is 2. The van der Waals surface area contributed by atoms with Crippen LogP contribution in [0.2, 0.25) is 0 Å². The van der Waals surface area contributed by atoms with Crippen LogP contribution in [-0.2, 0) is 6.54 Å². The van der Waals surface area contributed by atoms with E-state index in [-0.39, 0.29) is 6.10 Å². The number of hydrogen-bond acceptors (Lipinski definition) is 4. The standard InChI is InChI=1S/C21H24N6O/c1-22-21(27-12-10-17(15-27)28-20-9-5-6-11-23-20)25-14-19-24-13-18(26-19)16-7-3-2-4-8-16/h2-9,11,13,17H,10,12,14-15H2,1H3,(H,22,25)(H,24,26). The maximum absolute atomic E-state index is 5.96. The van der Waals surface area contributed by atoms with Gasteiger partial charge in [0, 0.05) is 32.3 Å². The van der Waals surface area contributed by atoms with Gasteiger partial charge in [-0.3, -0.25) is 4.99 Å². The van der Waals surface area contributed by atoms with Gasteiger partial charge in [0.2, 0.25) is 5.88 Å². The Bertz CT molecular complexity index is 909. The van der Waals surface area contributed by atoms with Gasteiger partial charge < -0.3 is 19.9 Å². The van der Waals surface area contributed by atoms with E-state index in [0.717, 1.165) is 42.6 Å². The quantitative estimate of drug-likeness (QED) is 0.529. The number of ether oxygens (including phenoxy) is 1. The number of imidazole rings is 1. The van der Waals surface area contributed by atoms with E-state index < -0.39 is 0 Å². The molecule has 0 amide bonds. The van der Waals surface area contributed by atoms with E-state index in [2.05, 4.69) is 42.3 Å². The summed E-state index contributed by atoms with van der Waals surface area (Å²) in [5.41, 5.74) is 2.14. The predicted molar refractivity (Wildman–Crippen MR) is 109 cm³/mol.